The van der Waals surface area contributed by atoms with Crippen LogP contribution in [0.5, 0.6) is 0 Å². The Balaban J connectivity index is 2.83. The molecule has 7 heteroatoms. The number of hydrogen-bond acceptors (Lipinski definition) is 2. The van der Waals surface area contributed by atoms with Crippen molar-refractivity contribution in [2.45, 2.75) is 0 Å². The molecule has 2 N–H and O–H groups in total. The Morgan fingerprint density at radius 2 is 2.11 bits per heavy atom. The van der Waals surface area contributed by atoms with Crippen LogP contribution in [0.15, 0.2) is 39.8 Å². The number of carboxylic acids is 1. The first kappa shape index (κ1) is 15.7. The molecule has 5 nitrogen and oxygen atoms in total. The lowest BCUT2D eigenvalue weighted by Crippen LogP contribution is -2.38. The average Bonchev–Trinajstić information content (AvgIpc) is 2.32. The molecule has 0 heterocycles. The van der Waals surface area contributed by atoms with Crippen LogP contribution in [0.1, 0.15) is 0 Å². The van der Waals surface area contributed by atoms with Crippen LogP contribution >= 0.6 is 31.9 Å². The maximum Gasteiger partial charge on any atom is 0.323 e. The first-order chi connectivity index (χ1) is 8.93. The topological polar surface area (TPSA) is 69.6 Å². The summed E-state index contributed by atoms with van der Waals surface area (Å²) in [6, 6.07) is 4.81. The van der Waals surface area contributed by atoms with E-state index in [1.807, 2.05) is 6.07 Å². The van der Waals surface area contributed by atoms with Crippen LogP contribution in [-0.2, 0) is 4.79 Å². The summed E-state index contributed by atoms with van der Waals surface area (Å²) in [6.07, 6.45) is 1.47. The van der Waals surface area contributed by atoms with Crippen LogP contribution in [0.2, 0.25) is 0 Å². The Kier molecular flexibility index (Phi) is 6.04. The molecule has 0 radical (unpaired) electrons. The average molecular weight is 392 g/mol. The van der Waals surface area contributed by atoms with Gasteiger partial charge in [-0.25, -0.2) is 4.79 Å². The van der Waals surface area contributed by atoms with E-state index in [-0.39, 0.29) is 13.1 Å². The normalized spacial score (nSPS) is 9.79. The standard InChI is InChI=1S/C12H12Br2N2O3/c1-2-5-16(7-11(17)18)12(19)15-10-6-8(13)3-4-9(10)14/h2-4,6H,1,5,7H2,(H,15,19)(H,17,18). The van der Waals surface area contributed by atoms with Crippen LogP contribution in [0.25, 0.3) is 0 Å². The minimum atomic E-state index is -1.08. The number of nitrogens with one attached hydrogen (secondary N) is 1. The molecule has 1 aromatic carbocycles. The largest absolute Gasteiger partial charge is 0.480 e. The van der Waals surface area contributed by atoms with E-state index in [2.05, 4.69) is 43.8 Å². The maximum absolute atomic E-state index is 12.0. The quantitative estimate of drug-likeness (QED) is 0.756. The van der Waals surface area contributed by atoms with Crippen LogP contribution in [0.3, 0.4) is 0 Å². The molecule has 0 spiro atoms. The highest BCUT2D eigenvalue weighted by Gasteiger charge is 2.16. The van der Waals surface area contributed by atoms with Gasteiger partial charge in [0, 0.05) is 15.5 Å². The van der Waals surface area contributed by atoms with Crippen LogP contribution < -0.4 is 5.32 Å². The molecule has 102 valence electrons. The van der Waals surface area contributed by atoms with Gasteiger partial charge >= 0.3 is 12.0 Å². The van der Waals surface area contributed by atoms with Crippen molar-refractivity contribution in [1.82, 2.24) is 4.90 Å². The fourth-order valence-electron chi connectivity index (χ4n) is 1.33. The van der Waals surface area contributed by atoms with E-state index in [0.29, 0.717) is 10.2 Å². The number of carboxylic acid groups (broad SMARTS) is 1. The highest BCUT2D eigenvalue weighted by Crippen LogP contribution is 2.26. The number of hydrogen-bond donors (Lipinski definition) is 2. The van der Waals surface area contributed by atoms with Crippen LogP contribution in [-0.4, -0.2) is 35.1 Å². The van der Waals surface area contributed by atoms with Gasteiger partial charge in [-0.2, -0.15) is 0 Å². The Bertz CT molecular complexity index is 506. The van der Waals surface area contributed by atoms with E-state index in [9.17, 15) is 9.59 Å². The number of anilines is 1. The minimum absolute atomic E-state index is 0.157. The molecular formula is C12H12Br2N2O3. The highest BCUT2D eigenvalue weighted by atomic mass is 79.9. The molecule has 0 bridgehead atoms. The summed E-state index contributed by atoms with van der Waals surface area (Å²) in [5.41, 5.74) is 0.554. The molecule has 19 heavy (non-hydrogen) atoms. The summed E-state index contributed by atoms with van der Waals surface area (Å²) in [7, 11) is 0. The Hall–Kier alpha value is -1.34. The van der Waals surface area contributed by atoms with E-state index in [0.717, 1.165) is 9.37 Å². The lowest BCUT2D eigenvalue weighted by molar-refractivity contribution is -0.137. The van der Waals surface area contributed by atoms with Gasteiger partial charge in [0.05, 0.1) is 5.69 Å². The third-order valence-corrected chi connectivity index (χ3v) is 3.32. The zero-order valence-electron chi connectivity index (χ0n) is 9.90. The molecule has 0 fully saturated rings. The van der Waals surface area contributed by atoms with Gasteiger partial charge in [-0.15, -0.1) is 6.58 Å². The summed E-state index contributed by atoms with van der Waals surface area (Å²) < 4.78 is 1.51. The van der Waals surface area contributed by atoms with Gasteiger partial charge < -0.3 is 15.3 Å². The summed E-state index contributed by atoms with van der Waals surface area (Å²) >= 11 is 6.61. The maximum atomic E-state index is 12.0. The zero-order chi connectivity index (χ0) is 14.4. The van der Waals surface area contributed by atoms with Gasteiger partial charge in [-0.3, -0.25) is 4.79 Å². The lowest BCUT2D eigenvalue weighted by atomic mass is 10.3. The summed E-state index contributed by atoms with van der Waals surface area (Å²) in [5, 5.41) is 11.4. The fraction of sp³-hybridized carbons (Fsp3) is 0.167. The third-order valence-electron chi connectivity index (χ3n) is 2.13. The number of carbonyl (C=O) groups excluding carboxylic acids is 1. The molecule has 0 aromatic heterocycles. The molecule has 0 atom stereocenters. The van der Waals surface area contributed by atoms with E-state index in [4.69, 9.17) is 5.11 Å². The van der Waals surface area contributed by atoms with Crippen LogP contribution in [0, 0.1) is 0 Å². The van der Waals surface area contributed by atoms with Crippen molar-refractivity contribution in [3.05, 3.63) is 39.8 Å². The summed E-state index contributed by atoms with van der Waals surface area (Å²) in [4.78, 5) is 23.8. The molecule has 0 aliphatic carbocycles. The number of carbonyl (C=O) groups is 2. The molecule has 0 saturated carbocycles. The number of aliphatic carboxylic acids is 1. The highest BCUT2D eigenvalue weighted by molar-refractivity contribution is 9.11. The monoisotopic (exact) mass is 390 g/mol. The lowest BCUT2D eigenvalue weighted by Gasteiger charge is -2.20. The van der Waals surface area contributed by atoms with Gasteiger partial charge in [0.2, 0.25) is 0 Å². The van der Waals surface area contributed by atoms with Crippen molar-refractivity contribution in [1.29, 1.82) is 0 Å². The van der Waals surface area contributed by atoms with Gasteiger partial charge in [-0.05, 0) is 34.1 Å². The number of benzene rings is 1. The molecule has 0 aliphatic rings. The molecular weight excluding hydrogens is 380 g/mol. The Morgan fingerprint density at radius 1 is 1.42 bits per heavy atom. The SMILES string of the molecule is C=CCN(CC(=O)O)C(=O)Nc1cc(Br)ccc1Br. The van der Waals surface area contributed by atoms with Crippen molar-refractivity contribution in [3.8, 4) is 0 Å². The number of amides is 2. The fourth-order valence-corrected chi connectivity index (χ4v) is 2.03. The van der Waals surface area contributed by atoms with E-state index < -0.39 is 12.0 Å². The van der Waals surface area contributed by atoms with Crippen LogP contribution in [0.4, 0.5) is 10.5 Å². The van der Waals surface area contributed by atoms with Crippen molar-refractivity contribution < 1.29 is 14.7 Å². The van der Waals surface area contributed by atoms with E-state index in [1.54, 1.807) is 12.1 Å². The second kappa shape index (κ2) is 7.30. The molecule has 0 aliphatic heterocycles. The van der Waals surface area contributed by atoms with E-state index >= 15 is 0 Å². The Morgan fingerprint density at radius 3 is 2.68 bits per heavy atom. The Labute approximate surface area is 127 Å². The van der Waals surface area contributed by atoms with Gasteiger partial charge in [0.1, 0.15) is 6.54 Å². The summed E-state index contributed by atoms with van der Waals surface area (Å²) in [5.74, 6) is -1.08. The molecule has 1 aromatic rings. The predicted octanol–water partition coefficient (Wildman–Crippen LogP) is 3.32. The number of halogens is 2. The van der Waals surface area contributed by atoms with Crippen molar-refractivity contribution >= 4 is 49.5 Å². The molecule has 2 amide bonds. The van der Waals surface area contributed by atoms with Gasteiger partial charge in [0.15, 0.2) is 0 Å². The molecule has 0 unspecified atom stereocenters. The third kappa shape index (κ3) is 5.04. The molecule has 1 rings (SSSR count). The second-order valence-electron chi connectivity index (χ2n) is 3.62. The van der Waals surface area contributed by atoms with Gasteiger partial charge in [-0.1, -0.05) is 22.0 Å². The second-order valence-corrected chi connectivity index (χ2v) is 5.39. The number of urea groups is 1. The molecule has 0 saturated heterocycles. The predicted molar refractivity (Wildman–Crippen MR) is 80.3 cm³/mol. The zero-order valence-corrected chi connectivity index (χ0v) is 13.1. The number of nitrogens with zero attached hydrogens (tertiary/aromatic N) is 1. The smallest absolute Gasteiger partial charge is 0.323 e. The van der Waals surface area contributed by atoms with E-state index in [1.165, 1.54) is 6.08 Å². The minimum Gasteiger partial charge on any atom is -0.480 e. The summed E-state index contributed by atoms with van der Waals surface area (Å²) in [6.45, 7) is 3.27. The van der Waals surface area contributed by atoms with Gasteiger partial charge in [0.25, 0.3) is 0 Å². The number of rotatable bonds is 5. The van der Waals surface area contributed by atoms with Crippen molar-refractivity contribution in [2.24, 2.45) is 0 Å². The van der Waals surface area contributed by atoms with Crippen molar-refractivity contribution in [3.63, 3.8) is 0 Å². The van der Waals surface area contributed by atoms with Crippen molar-refractivity contribution in [2.75, 3.05) is 18.4 Å². The first-order valence-corrected chi connectivity index (χ1v) is 6.86. The first-order valence-electron chi connectivity index (χ1n) is 5.27.